The Kier molecular flexibility index (Phi) is 12.1. The summed E-state index contributed by atoms with van der Waals surface area (Å²) in [6, 6.07) is 0. The maximum absolute atomic E-state index is 9.70. The Labute approximate surface area is 49.0 Å². The number of hydrogen-bond acceptors (Lipinski definition) is 2. The third kappa shape index (κ3) is 8.95. The van der Waals surface area contributed by atoms with Gasteiger partial charge in [-0.05, 0) is 6.08 Å². The minimum atomic E-state index is -0.588. The molecule has 0 aromatic heterocycles. The zero-order chi connectivity index (χ0) is 6.99. The van der Waals surface area contributed by atoms with E-state index < -0.39 is 5.91 Å². The molecule has 0 aromatic carbocycles. The van der Waals surface area contributed by atoms with E-state index in [1.807, 2.05) is 13.8 Å². The smallest absolute Gasteiger partial charge is 0.266 e. The average molecular weight is 117 g/mol. The van der Waals surface area contributed by atoms with Crippen molar-refractivity contribution in [3.05, 3.63) is 12.7 Å². The quantitative estimate of drug-likeness (QED) is 0.302. The van der Waals surface area contributed by atoms with Gasteiger partial charge >= 0.3 is 0 Å². The second-order valence-electron chi connectivity index (χ2n) is 0.680. The van der Waals surface area contributed by atoms with Crippen molar-refractivity contribution in [3.8, 4) is 0 Å². The van der Waals surface area contributed by atoms with Crippen LogP contribution in [0.3, 0.4) is 0 Å². The van der Waals surface area contributed by atoms with Crippen molar-refractivity contribution < 1.29 is 10.0 Å². The molecule has 0 rings (SSSR count). The Balaban J connectivity index is 0. The summed E-state index contributed by atoms with van der Waals surface area (Å²) in [6.45, 7) is 7.06. The molecule has 0 heterocycles. The fourth-order valence-corrected chi connectivity index (χ4v) is 0.0456. The molecule has 0 aliphatic heterocycles. The first-order chi connectivity index (χ1) is 3.81. The third-order valence-electron chi connectivity index (χ3n) is 0.296. The van der Waals surface area contributed by atoms with Gasteiger partial charge in [0.25, 0.3) is 5.91 Å². The zero-order valence-electron chi connectivity index (χ0n) is 5.14. The highest BCUT2D eigenvalue weighted by Crippen LogP contribution is 1.56. The van der Waals surface area contributed by atoms with E-state index in [1.54, 1.807) is 0 Å². The minimum absolute atomic E-state index is 0.588. The van der Waals surface area contributed by atoms with Crippen LogP contribution >= 0.6 is 0 Å². The zero-order valence-corrected chi connectivity index (χ0v) is 5.14. The molecule has 3 nitrogen and oxygen atoms in total. The first-order valence-corrected chi connectivity index (χ1v) is 2.37. The Bertz CT molecular complexity index is 70.8. The van der Waals surface area contributed by atoms with Crippen molar-refractivity contribution in [2.24, 2.45) is 0 Å². The lowest BCUT2D eigenvalue weighted by Crippen LogP contribution is -2.14. The van der Waals surface area contributed by atoms with Gasteiger partial charge < -0.3 is 0 Å². The normalized spacial score (nSPS) is 5.88. The van der Waals surface area contributed by atoms with Crippen LogP contribution in [0.25, 0.3) is 0 Å². The van der Waals surface area contributed by atoms with E-state index in [2.05, 4.69) is 6.58 Å². The summed E-state index contributed by atoms with van der Waals surface area (Å²) in [7, 11) is 0. The molecule has 0 unspecified atom stereocenters. The highest BCUT2D eigenvalue weighted by Gasteiger charge is 1.80. The summed E-state index contributed by atoms with van der Waals surface area (Å²) in [5.41, 5.74) is 1.36. The Morgan fingerprint density at radius 2 is 2.12 bits per heavy atom. The molecule has 0 saturated heterocycles. The molecule has 2 N–H and O–H groups in total. The lowest BCUT2D eigenvalue weighted by atomic mass is 10.6. The molecular weight excluding hydrogens is 106 g/mol. The topological polar surface area (TPSA) is 49.3 Å². The summed E-state index contributed by atoms with van der Waals surface area (Å²) in [5, 5.41) is 7.66. The summed E-state index contributed by atoms with van der Waals surface area (Å²) in [4.78, 5) is 9.70. The predicted molar refractivity (Wildman–Crippen MR) is 31.5 cm³/mol. The average Bonchev–Trinajstić information content (AvgIpc) is 1.91. The second kappa shape index (κ2) is 9.48. The van der Waals surface area contributed by atoms with Gasteiger partial charge in [0, 0.05) is 0 Å². The molecular formula is C5H11NO2. The lowest BCUT2D eigenvalue weighted by molar-refractivity contribution is -0.124. The first kappa shape index (κ1) is 10.2. The molecule has 0 aromatic rings. The third-order valence-corrected chi connectivity index (χ3v) is 0.296. The van der Waals surface area contributed by atoms with E-state index in [4.69, 9.17) is 5.21 Å². The SMILES string of the molecule is C=CC(=O)NO.CC. The van der Waals surface area contributed by atoms with E-state index in [-0.39, 0.29) is 0 Å². The van der Waals surface area contributed by atoms with Crippen molar-refractivity contribution in [2.75, 3.05) is 0 Å². The molecule has 0 radical (unpaired) electrons. The van der Waals surface area contributed by atoms with Gasteiger partial charge in [0.15, 0.2) is 0 Å². The van der Waals surface area contributed by atoms with Gasteiger partial charge in [0.2, 0.25) is 0 Å². The molecule has 1 amide bonds. The fourth-order valence-electron chi connectivity index (χ4n) is 0.0456. The lowest BCUT2D eigenvalue weighted by Gasteiger charge is -1.81. The van der Waals surface area contributed by atoms with Gasteiger partial charge in [-0.1, -0.05) is 20.4 Å². The van der Waals surface area contributed by atoms with E-state index >= 15 is 0 Å². The minimum Gasteiger partial charge on any atom is -0.288 e. The summed E-state index contributed by atoms with van der Waals surface area (Å²) in [6.07, 6.45) is 0.972. The van der Waals surface area contributed by atoms with Crippen LogP contribution in [-0.4, -0.2) is 11.1 Å². The van der Waals surface area contributed by atoms with E-state index in [0.29, 0.717) is 0 Å². The molecule has 0 atom stereocenters. The van der Waals surface area contributed by atoms with Crippen LogP contribution in [0.2, 0.25) is 0 Å². The molecule has 0 spiro atoms. The van der Waals surface area contributed by atoms with Gasteiger partial charge in [-0.2, -0.15) is 0 Å². The highest BCUT2D eigenvalue weighted by atomic mass is 16.5. The summed E-state index contributed by atoms with van der Waals surface area (Å²) < 4.78 is 0. The number of carbonyl (C=O) groups excluding carboxylic acids is 1. The van der Waals surface area contributed by atoms with Crippen molar-refractivity contribution in [2.45, 2.75) is 13.8 Å². The van der Waals surface area contributed by atoms with Crippen LogP contribution in [0.1, 0.15) is 13.8 Å². The van der Waals surface area contributed by atoms with Crippen molar-refractivity contribution in [1.82, 2.24) is 5.48 Å². The predicted octanol–water partition coefficient (Wildman–Crippen LogP) is 0.704. The number of amides is 1. The fraction of sp³-hybridized carbons (Fsp3) is 0.400. The van der Waals surface area contributed by atoms with Crippen LogP contribution in [0.4, 0.5) is 0 Å². The van der Waals surface area contributed by atoms with E-state index in [1.165, 1.54) is 5.48 Å². The Morgan fingerprint density at radius 1 is 1.75 bits per heavy atom. The van der Waals surface area contributed by atoms with E-state index in [9.17, 15) is 4.79 Å². The maximum atomic E-state index is 9.70. The molecule has 0 fully saturated rings. The van der Waals surface area contributed by atoms with Gasteiger partial charge in [0.1, 0.15) is 0 Å². The molecule has 0 bridgehead atoms. The van der Waals surface area contributed by atoms with Crippen LogP contribution in [-0.2, 0) is 4.79 Å². The van der Waals surface area contributed by atoms with Crippen LogP contribution in [0.15, 0.2) is 12.7 Å². The molecule has 0 aliphatic carbocycles. The largest absolute Gasteiger partial charge is 0.288 e. The van der Waals surface area contributed by atoms with Gasteiger partial charge in [0.05, 0.1) is 0 Å². The summed E-state index contributed by atoms with van der Waals surface area (Å²) >= 11 is 0. The standard InChI is InChI=1S/C3H5NO2.C2H6/c1-2-3(5)4-6;1-2/h2,6H,1H2,(H,4,5);1-2H3. The first-order valence-electron chi connectivity index (χ1n) is 2.37. The van der Waals surface area contributed by atoms with Crippen molar-refractivity contribution in [1.29, 1.82) is 0 Å². The molecule has 0 aliphatic rings. The number of hydroxylamine groups is 1. The van der Waals surface area contributed by atoms with Crippen LogP contribution < -0.4 is 5.48 Å². The van der Waals surface area contributed by atoms with E-state index in [0.717, 1.165) is 6.08 Å². The number of carbonyl (C=O) groups is 1. The molecule has 8 heavy (non-hydrogen) atoms. The summed E-state index contributed by atoms with van der Waals surface area (Å²) in [5.74, 6) is -0.588. The molecule has 48 valence electrons. The van der Waals surface area contributed by atoms with Crippen LogP contribution in [0, 0.1) is 0 Å². The molecule has 3 heteroatoms. The number of nitrogens with one attached hydrogen (secondary N) is 1. The van der Waals surface area contributed by atoms with Crippen molar-refractivity contribution in [3.63, 3.8) is 0 Å². The van der Waals surface area contributed by atoms with Crippen molar-refractivity contribution >= 4 is 5.91 Å². The number of rotatable bonds is 1. The Hall–Kier alpha value is -0.830. The number of hydrogen-bond donors (Lipinski definition) is 2. The molecule has 0 saturated carbocycles. The monoisotopic (exact) mass is 117 g/mol. The van der Waals surface area contributed by atoms with Gasteiger partial charge in [-0.3, -0.25) is 10.0 Å². The van der Waals surface area contributed by atoms with Crippen LogP contribution in [0.5, 0.6) is 0 Å². The maximum Gasteiger partial charge on any atom is 0.266 e. The van der Waals surface area contributed by atoms with Gasteiger partial charge in [-0.25, -0.2) is 5.48 Å². The highest BCUT2D eigenvalue weighted by molar-refractivity contribution is 5.85. The van der Waals surface area contributed by atoms with Gasteiger partial charge in [-0.15, -0.1) is 0 Å². The Morgan fingerprint density at radius 3 is 2.12 bits per heavy atom. The second-order valence-corrected chi connectivity index (χ2v) is 0.680.